The summed E-state index contributed by atoms with van der Waals surface area (Å²) in [6.45, 7) is 2.97. The van der Waals surface area contributed by atoms with Crippen LogP contribution in [-0.4, -0.2) is 24.1 Å². The molecule has 6 heteroatoms. The molecule has 20 heavy (non-hydrogen) atoms. The molecule has 1 aliphatic heterocycles. The van der Waals surface area contributed by atoms with Crippen LogP contribution in [0.2, 0.25) is 0 Å². The molecule has 5 nitrogen and oxygen atoms in total. The van der Waals surface area contributed by atoms with Gasteiger partial charge in [0.1, 0.15) is 19.5 Å². The molecular formula is C14H14N2O3S. The number of fused-ring (bicyclic) bond motifs is 1. The summed E-state index contributed by atoms with van der Waals surface area (Å²) in [5, 5.41) is 3.30. The van der Waals surface area contributed by atoms with E-state index in [0.717, 1.165) is 16.6 Å². The number of ether oxygens (including phenoxy) is 2. The van der Waals surface area contributed by atoms with Crippen LogP contribution in [0.4, 0.5) is 5.13 Å². The molecule has 0 atom stereocenters. The number of nitrogens with one attached hydrogen (secondary N) is 1. The maximum absolute atomic E-state index is 11.9. The lowest BCUT2D eigenvalue weighted by Gasteiger charge is -2.13. The quantitative estimate of drug-likeness (QED) is 0.944. The molecule has 2 heterocycles. The van der Waals surface area contributed by atoms with Gasteiger partial charge in [-0.05, 0) is 24.1 Å². The highest BCUT2D eigenvalue weighted by atomic mass is 32.1. The van der Waals surface area contributed by atoms with Crippen molar-refractivity contribution in [3.63, 3.8) is 0 Å². The Balaban J connectivity index is 1.80. The normalized spacial score (nSPS) is 14.3. The van der Waals surface area contributed by atoms with Crippen molar-refractivity contribution in [2.24, 2.45) is 0 Å². The van der Waals surface area contributed by atoms with Crippen molar-refractivity contribution >= 4 is 32.6 Å². The molecule has 0 bridgehead atoms. The van der Waals surface area contributed by atoms with E-state index >= 15 is 0 Å². The topological polar surface area (TPSA) is 60.5 Å². The standard InChI is InChI=1S/C14H14N2O3S/c1-2-9-3-4-10-12(7-9)20-14(15-10)16-13(17)11-8-18-5-6-19-11/h3-4,7-8H,2,5-6H2,1H3,(H,15,16,17). The van der Waals surface area contributed by atoms with Gasteiger partial charge in [0, 0.05) is 0 Å². The molecule has 1 N–H and O–H groups in total. The van der Waals surface area contributed by atoms with Gasteiger partial charge in [0.25, 0.3) is 5.91 Å². The van der Waals surface area contributed by atoms with E-state index < -0.39 is 0 Å². The Morgan fingerprint density at radius 3 is 3.10 bits per heavy atom. The smallest absolute Gasteiger partial charge is 0.295 e. The Morgan fingerprint density at radius 1 is 1.45 bits per heavy atom. The number of nitrogens with zero attached hydrogens (tertiary/aromatic N) is 1. The van der Waals surface area contributed by atoms with Crippen molar-refractivity contribution in [3.8, 4) is 0 Å². The predicted molar refractivity (Wildman–Crippen MR) is 77.6 cm³/mol. The molecule has 104 valence electrons. The maximum Gasteiger partial charge on any atom is 0.295 e. The Kier molecular flexibility index (Phi) is 3.56. The monoisotopic (exact) mass is 290 g/mol. The van der Waals surface area contributed by atoms with Crippen LogP contribution in [0.1, 0.15) is 12.5 Å². The van der Waals surface area contributed by atoms with Crippen molar-refractivity contribution in [1.29, 1.82) is 0 Å². The lowest BCUT2D eigenvalue weighted by Crippen LogP contribution is -2.20. The number of thiazole rings is 1. The summed E-state index contributed by atoms with van der Waals surface area (Å²) in [6.07, 6.45) is 2.31. The first-order chi connectivity index (χ1) is 9.76. The highest BCUT2D eigenvalue weighted by Gasteiger charge is 2.16. The van der Waals surface area contributed by atoms with Crippen molar-refractivity contribution in [2.45, 2.75) is 13.3 Å². The fourth-order valence-electron chi connectivity index (χ4n) is 1.89. The average Bonchev–Trinajstić information content (AvgIpc) is 2.89. The maximum atomic E-state index is 11.9. The van der Waals surface area contributed by atoms with E-state index in [0.29, 0.717) is 18.3 Å². The second-order valence-electron chi connectivity index (χ2n) is 4.33. The zero-order chi connectivity index (χ0) is 13.9. The summed E-state index contributed by atoms with van der Waals surface area (Å²) in [4.78, 5) is 16.3. The SMILES string of the molecule is CCc1ccc2nc(NC(=O)C3=COCCO3)sc2c1. The van der Waals surface area contributed by atoms with Crippen LogP contribution >= 0.6 is 11.3 Å². The summed E-state index contributed by atoms with van der Waals surface area (Å²) >= 11 is 1.45. The molecule has 0 aliphatic carbocycles. The molecule has 0 saturated carbocycles. The molecule has 0 spiro atoms. The highest BCUT2D eigenvalue weighted by Crippen LogP contribution is 2.27. The number of rotatable bonds is 3. The minimum absolute atomic E-state index is 0.185. The largest absolute Gasteiger partial charge is 0.494 e. The predicted octanol–water partition coefficient (Wildman–Crippen LogP) is 2.69. The van der Waals surface area contributed by atoms with Gasteiger partial charge in [0.05, 0.1) is 10.2 Å². The van der Waals surface area contributed by atoms with E-state index in [1.807, 2.05) is 12.1 Å². The fourth-order valence-corrected chi connectivity index (χ4v) is 2.81. The summed E-state index contributed by atoms with van der Waals surface area (Å²) in [6, 6.07) is 6.12. The second kappa shape index (κ2) is 5.50. The first-order valence-corrected chi connectivity index (χ1v) is 7.23. The Hall–Kier alpha value is -2.08. The summed E-state index contributed by atoms with van der Waals surface area (Å²) in [5.41, 5.74) is 2.14. The Morgan fingerprint density at radius 2 is 2.35 bits per heavy atom. The van der Waals surface area contributed by atoms with Crippen LogP contribution in [-0.2, 0) is 20.7 Å². The van der Waals surface area contributed by atoms with Gasteiger partial charge in [-0.1, -0.05) is 24.3 Å². The molecule has 1 amide bonds. The average molecular weight is 290 g/mol. The zero-order valence-corrected chi connectivity index (χ0v) is 11.8. The van der Waals surface area contributed by atoms with Crippen LogP contribution in [0.15, 0.2) is 30.2 Å². The molecule has 0 radical (unpaired) electrons. The van der Waals surface area contributed by atoms with Crippen LogP contribution in [0, 0.1) is 0 Å². The van der Waals surface area contributed by atoms with Gasteiger partial charge in [-0.3, -0.25) is 10.1 Å². The Labute approximate surface area is 120 Å². The number of benzene rings is 1. The molecular weight excluding hydrogens is 276 g/mol. The molecule has 1 aliphatic rings. The fraction of sp³-hybridized carbons (Fsp3) is 0.286. The third-order valence-corrected chi connectivity index (χ3v) is 3.89. The Bertz CT molecular complexity index is 678. The van der Waals surface area contributed by atoms with E-state index in [2.05, 4.69) is 23.3 Å². The molecule has 1 aromatic heterocycles. The highest BCUT2D eigenvalue weighted by molar-refractivity contribution is 7.22. The lowest BCUT2D eigenvalue weighted by atomic mass is 10.2. The summed E-state index contributed by atoms with van der Waals surface area (Å²) in [7, 11) is 0. The first-order valence-electron chi connectivity index (χ1n) is 6.41. The molecule has 0 saturated heterocycles. The number of anilines is 1. The minimum Gasteiger partial charge on any atom is -0.494 e. The number of hydrogen-bond donors (Lipinski definition) is 1. The molecule has 0 unspecified atom stereocenters. The van der Waals surface area contributed by atoms with Gasteiger partial charge in [0.2, 0.25) is 5.76 Å². The number of aryl methyl sites for hydroxylation is 1. The van der Waals surface area contributed by atoms with Gasteiger partial charge >= 0.3 is 0 Å². The number of carbonyl (C=O) groups excluding carboxylic acids is 1. The van der Waals surface area contributed by atoms with Crippen molar-refractivity contribution in [1.82, 2.24) is 4.98 Å². The third kappa shape index (κ3) is 2.60. The zero-order valence-electron chi connectivity index (χ0n) is 11.0. The number of aromatic nitrogens is 1. The van der Waals surface area contributed by atoms with Crippen molar-refractivity contribution in [2.75, 3.05) is 18.5 Å². The summed E-state index contributed by atoms with van der Waals surface area (Å²) in [5.74, 6) is -0.149. The molecule has 1 aromatic carbocycles. The number of carbonyl (C=O) groups is 1. The van der Waals surface area contributed by atoms with Gasteiger partial charge in [0.15, 0.2) is 5.13 Å². The van der Waals surface area contributed by atoms with E-state index in [1.165, 1.54) is 23.2 Å². The van der Waals surface area contributed by atoms with Crippen LogP contribution in [0.5, 0.6) is 0 Å². The molecule has 3 rings (SSSR count). The molecule has 2 aromatic rings. The van der Waals surface area contributed by atoms with Crippen molar-refractivity contribution in [3.05, 3.63) is 35.8 Å². The van der Waals surface area contributed by atoms with Gasteiger partial charge < -0.3 is 9.47 Å². The van der Waals surface area contributed by atoms with Crippen LogP contribution in [0.3, 0.4) is 0 Å². The van der Waals surface area contributed by atoms with Crippen LogP contribution in [0.25, 0.3) is 10.2 Å². The van der Waals surface area contributed by atoms with Gasteiger partial charge in [-0.25, -0.2) is 4.98 Å². The second-order valence-corrected chi connectivity index (χ2v) is 5.36. The minimum atomic E-state index is -0.334. The van der Waals surface area contributed by atoms with E-state index in [-0.39, 0.29) is 11.7 Å². The lowest BCUT2D eigenvalue weighted by molar-refractivity contribution is -0.117. The van der Waals surface area contributed by atoms with E-state index in [9.17, 15) is 4.79 Å². The van der Waals surface area contributed by atoms with Crippen LogP contribution < -0.4 is 5.32 Å². The van der Waals surface area contributed by atoms with E-state index in [1.54, 1.807) is 0 Å². The first kappa shape index (κ1) is 12.9. The number of amides is 1. The third-order valence-electron chi connectivity index (χ3n) is 2.95. The van der Waals surface area contributed by atoms with Gasteiger partial charge in [-0.15, -0.1) is 0 Å². The number of hydrogen-bond acceptors (Lipinski definition) is 5. The summed E-state index contributed by atoms with van der Waals surface area (Å²) < 4.78 is 11.4. The van der Waals surface area contributed by atoms with Gasteiger partial charge in [-0.2, -0.15) is 0 Å². The molecule has 0 fully saturated rings. The van der Waals surface area contributed by atoms with E-state index in [4.69, 9.17) is 9.47 Å². The van der Waals surface area contributed by atoms with Crippen molar-refractivity contribution < 1.29 is 14.3 Å².